The van der Waals surface area contributed by atoms with Gasteiger partial charge >= 0.3 is 0 Å². The maximum atomic E-state index is 12.6. The molecule has 3 rings (SSSR count). The van der Waals surface area contributed by atoms with Crippen molar-refractivity contribution in [3.8, 4) is 17.2 Å². The van der Waals surface area contributed by atoms with E-state index in [4.69, 9.17) is 25.8 Å². The number of rotatable bonds is 7. The fourth-order valence-electron chi connectivity index (χ4n) is 2.90. The predicted molar refractivity (Wildman–Crippen MR) is 115 cm³/mol. The molecule has 30 heavy (non-hydrogen) atoms. The van der Waals surface area contributed by atoms with Gasteiger partial charge in [0.15, 0.2) is 11.5 Å². The zero-order valence-corrected chi connectivity index (χ0v) is 17.8. The van der Waals surface area contributed by atoms with E-state index in [9.17, 15) is 9.59 Å². The highest BCUT2D eigenvalue weighted by Gasteiger charge is 2.22. The van der Waals surface area contributed by atoms with Crippen LogP contribution in [0.3, 0.4) is 0 Å². The van der Waals surface area contributed by atoms with Crippen molar-refractivity contribution in [1.82, 2.24) is 4.90 Å². The van der Waals surface area contributed by atoms with Crippen LogP contribution in [0.5, 0.6) is 17.2 Å². The van der Waals surface area contributed by atoms with Gasteiger partial charge in [0, 0.05) is 16.8 Å². The normalized spacial score (nSPS) is 13.5. The largest absolute Gasteiger partial charge is 0.495 e. The molecule has 0 saturated carbocycles. The van der Waals surface area contributed by atoms with Crippen LogP contribution in [-0.4, -0.2) is 56.7 Å². The number of halogens is 1. The number of carbonyl (C=O) groups is 2. The van der Waals surface area contributed by atoms with Crippen LogP contribution in [0.15, 0.2) is 36.4 Å². The fraction of sp³-hybridized carbons (Fsp3) is 0.333. The molecule has 2 N–H and O–H groups in total. The second-order valence-corrected chi connectivity index (χ2v) is 7.27. The van der Waals surface area contributed by atoms with Crippen molar-refractivity contribution in [2.24, 2.45) is 0 Å². The highest BCUT2D eigenvalue weighted by Crippen LogP contribution is 2.32. The maximum absolute atomic E-state index is 12.6. The molecule has 160 valence electrons. The predicted octanol–water partition coefficient (Wildman–Crippen LogP) is 3.02. The van der Waals surface area contributed by atoms with Gasteiger partial charge < -0.3 is 24.8 Å². The fourth-order valence-corrected chi connectivity index (χ4v) is 3.07. The molecule has 0 fully saturated rings. The van der Waals surface area contributed by atoms with Gasteiger partial charge in [-0.2, -0.15) is 0 Å². The van der Waals surface area contributed by atoms with Gasteiger partial charge in [-0.05, 0) is 44.3 Å². The van der Waals surface area contributed by atoms with E-state index in [1.54, 1.807) is 55.3 Å². The Hall–Kier alpha value is -2.97. The first-order valence-electron chi connectivity index (χ1n) is 9.41. The summed E-state index contributed by atoms with van der Waals surface area (Å²) in [4.78, 5) is 26.7. The third-order valence-corrected chi connectivity index (χ3v) is 4.91. The van der Waals surface area contributed by atoms with Crippen LogP contribution < -0.4 is 24.8 Å². The van der Waals surface area contributed by atoms with E-state index in [-0.39, 0.29) is 18.4 Å². The van der Waals surface area contributed by atoms with E-state index < -0.39 is 6.04 Å². The van der Waals surface area contributed by atoms with E-state index in [0.29, 0.717) is 46.9 Å². The van der Waals surface area contributed by atoms with Crippen LogP contribution in [-0.2, 0) is 9.59 Å². The number of hydrogen-bond donors (Lipinski definition) is 2. The molecular formula is C21H24ClN3O5. The third kappa shape index (κ3) is 5.34. The molecule has 2 amide bonds. The van der Waals surface area contributed by atoms with Gasteiger partial charge in [-0.3, -0.25) is 14.5 Å². The number of nitrogens with zero attached hydrogens (tertiary/aromatic N) is 1. The monoisotopic (exact) mass is 433 g/mol. The summed E-state index contributed by atoms with van der Waals surface area (Å²) in [5, 5.41) is 6.07. The van der Waals surface area contributed by atoms with Crippen LogP contribution >= 0.6 is 11.6 Å². The summed E-state index contributed by atoms with van der Waals surface area (Å²) >= 11 is 5.99. The molecule has 2 aromatic carbocycles. The van der Waals surface area contributed by atoms with Crippen LogP contribution in [0, 0.1) is 0 Å². The number of carbonyl (C=O) groups excluding carboxylic acids is 2. The number of benzene rings is 2. The average Bonchev–Trinajstić information content (AvgIpc) is 2.73. The third-order valence-electron chi connectivity index (χ3n) is 4.68. The molecule has 1 heterocycles. The topological polar surface area (TPSA) is 89.1 Å². The Morgan fingerprint density at radius 1 is 1.13 bits per heavy atom. The lowest BCUT2D eigenvalue weighted by molar-refractivity contribution is -0.122. The standard InChI is InChI=1S/C21H24ClN3O5/c1-13(21(27)23-15-5-7-18-19(11-15)30-9-8-29-18)25(2)12-20(26)24-16-10-14(22)4-6-17(16)28-3/h4-7,10-11,13H,8-9,12H2,1-3H3,(H,23,27)(H,24,26)/t13-/m0/s1. The average molecular weight is 434 g/mol. The van der Waals surface area contributed by atoms with E-state index in [1.807, 2.05) is 0 Å². The van der Waals surface area contributed by atoms with Crippen LogP contribution in [0.25, 0.3) is 0 Å². The van der Waals surface area contributed by atoms with Crippen LogP contribution in [0.1, 0.15) is 6.92 Å². The minimum absolute atomic E-state index is 0.00535. The number of fused-ring (bicyclic) bond motifs is 1. The molecule has 8 nitrogen and oxygen atoms in total. The number of anilines is 2. The Bertz CT molecular complexity index is 937. The molecule has 0 bridgehead atoms. The lowest BCUT2D eigenvalue weighted by Gasteiger charge is -2.24. The number of nitrogens with one attached hydrogen (secondary N) is 2. The van der Waals surface area contributed by atoms with Crippen LogP contribution in [0.2, 0.25) is 5.02 Å². The molecule has 0 saturated heterocycles. The second-order valence-electron chi connectivity index (χ2n) is 6.83. The van der Waals surface area contributed by atoms with Gasteiger partial charge in [0.25, 0.3) is 0 Å². The van der Waals surface area contributed by atoms with Crippen molar-refractivity contribution < 1.29 is 23.8 Å². The van der Waals surface area contributed by atoms with Gasteiger partial charge in [0.1, 0.15) is 19.0 Å². The lowest BCUT2D eigenvalue weighted by Crippen LogP contribution is -2.43. The number of amides is 2. The number of likely N-dealkylation sites (N-methyl/N-ethyl adjacent to an activating group) is 1. The van der Waals surface area contributed by atoms with Crippen molar-refractivity contribution >= 4 is 34.8 Å². The summed E-state index contributed by atoms with van der Waals surface area (Å²) in [7, 11) is 3.21. The smallest absolute Gasteiger partial charge is 0.241 e. The summed E-state index contributed by atoms with van der Waals surface area (Å²) in [6.45, 7) is 2.70. The van der Waals surface area contributed by atoms with E-state index >= 15 is 0 Å². The first kappa shape index (κ1) is 21.7. The summed E-state index contributed by atoms with van der Waals surface area (Å²) in [6.07, 6.45) is 0. The Morgan fingerprint density at radius 3 is 2.60 bits per heavy atom. The number of methoxy groups -OCH3 is 1. The molecule has 0 aliphatic carbocycles. The molecule has 9 heteroatoms. The quantitative estimate of drug-likeness (QED) is 0.697. The Morgan fingerprint density at radius 2 is 1.87 bits per heavy atom. The van der Waals surface area contributed by atoms with E-state index in [2.05, 4.69) is 10.6 Å². The van der Waals surface area contributed by atoms with Gasteiger partial charge in [-0.1, -0.05) is 11.6 Å². The molecule has 0 spiro atoms. The molecule has 0 radical (unpaired) electrons. The molecule has 0 unspecified atom stereocenters. The summed E-state index contributed by atoms with van der Waals surface area (Å²) < 4.78 is 16.2. The summed E-state index contributed by atoms with van der Waals surface area (Å²) in [5.41, 5.74) is 1.06. The molecule has 0 aromatic heterocycles. The minimum atomic E-state index is -0.551. The zero-order chi connectivity index (χ0) is 21.7. The van der Waals surface area contributed by atoms with Crippen molar-refractivity contribution in [2.75, 3.05) is 44.5 Å². The Balaban J connectivity index is 1.57. The Kier molecular flexibility index (Phi) is 7.02. The van der Waals surface area contributed by atoms with Gasteiger partial charge in [0.05, 0.1) is 25.4 Å². The summed E-state index contributed by atoms with van der Waals surface area (Å²) in [5.74, 6) is 1.20. The van der Waals surface area contributed by atoms with Gasteiger partial charge in [0.2, 0.25) is 11.8 Å². The van der Waals surface area contributed by atoms with Gasteiger partial charge in [-0.15, -0.1) is 0 Å². The lowest BCUT2D eigenvalue weighted by atomic mass is 10.2. The summed E-state index contributed by atoms with van der Waals surface area (Å²) in [6, 6.07) is 9.62. The van der Waals surface area contributed by atoms with Crippen molar-refractivity contribution in [3.05, 3.63) is 41.4 Å². The number of ether oxygens (including phenoxy) is 3. The SMILES string of the molecule is COc1ccc(Cl)cc1NC(=O)CN(C)[C@@H](C)C(=O)Nc1ccc2c(c1)OCCO2. The van der Waals surface area contributed by atoms with E-state index in [1.165, 1.54) is 7.11 Å². The maximum Gasteiger partial charge on any atom is 0.241 e. The van der Waals surface area contributed by atoms with Crippen LogP contribution in [0.4, 0.5) is 11.4 Å². The molecule has 1 atom stereocenters. The minimum Gasteiger partial charge on any atom is -0.495 e. The first-order valence-corrected chi connectivity index (χ1v) is 9.79. The van der Waals surface area contributed by atoms with Crippen molar-refractivity contribution in [2.45, 2.75) is 13.0 Å². The Labute approximate surface area is 180 Å². The second kappa shape index (κ2) is 9.69. The van der Waals surface area contributed by atoms with E-state index in [0.717, 1.165) is 0 Å². The highest BCUT2D eigenvalue weighted by molar-refractivity contribution is 6.31. The zero-order valence-electron chi connectivity index (χ0n) is 17.0. The van der Waals surface area contributed by atoms with Crippen molar-refractivity contribution in [3.63, 3.8) is 0 Å². The van der Waals surface area contributed by atoms with Gasteiger partial charge in [-0.25, -0.2) is 0 Å². The molecule has 2 aromatic rings. The number of hydrogen-bond acceptors (Lipinski definition) is 6. The molecule has 1 aliphatic rings. The first-order chi connectivity index (χ1) is 14.4. The molecular weight excluding hydrogens is 410 g/mol. The van der Waals surface area contributed by atoms with Crippen molar-refractivity contribution in [1.29, 1.82) is 0 Å². The molecule has 1 aliphatic heterocycles. The highest BCUT2D eigenvalue weighted by atomic mass is 35.5.